The van der Waals surface area contributed by atoms with Crippen LogP contribution in [0.3, 0.4) is 0 Å². The quantitative estimate of drug-likeness (QED) is 0.226. The highest BCUT2D eigenvalue weighted by atomic mass is 32.1. The number of aromatic nitrogens is 3. The normalized spacial score (nSPS) is 13.9. The number of anilines is 3. The van der Waals surface area contributed by atoms with Crippen LogP contribution < -0.4 is 20.7 Å². The number of carbonyl (C=O) groups is 1. The fourth-order valence-electron chi connectivity index (χ4n) is 3.93. The van der Waals surface area contributed by atoms with Gasteiger partial charge in [-0.05, 0) is 48.0 Å². The van der Waals surface area contributed by atoms with Gasteiger partial charge in [-0.1, -0.05) is 17.4 Å². The second-order valence-electron chi connectivity index (χ2n) is 8.95. The van der Waals surface area contributed by atoms with E-state index >= 15 is 0 Å². The molecule has 1 aliphatic rings. The van der Waals surface area contributed by atoms with Crippen molar-refractivity contribution in [3.63, 3.8) is 0 Å². The third-order valence-corrected chi connectivity index (χ3v) is 7.00. The van der Waals surface area contributed by atoms with Crippen molar-refractivity contribution in [1.29, 1.82) is 0 Å². The van der Waals surface area contributed by atoms with Crippen LogP contribution in [0.4, 0.5) is 34.5 Å². The average Bonchev–Trinajstić information content (AvgIpc) is 3.44. The molecule has 1 saturated heterocycles. The maximum Gasteiger partial charge on any atom is 0.416 e. The second-order valence-corrected chi connectivity index (χ2v) is 9.98. The minimum Gasteiger partial charge on any atom is -0.424 e. The van der Waals surface area contributed by atoms with Crippen molar-refractivity contribution in [2.45, 2.75) is 6.18 Å². The summed E-state index contributed by atoms with van der Waals surface area (Å²) in [6.07, 6.45) is -0.0280. The smallest absolute Gasteiger partial charge is 0.416 e. The molecule has 0 radical (unpaired) electrons. The van der Waals surface area contributed by atoms with Crippen LogP contribution in [0.25, 0.3) is 10.4 Å². The molecule has 0 atom stereocenters. The Hall–Kier alpha value is -4.27. The lowest BCUT2D eigenvalue weighted by Crippen LogP contribution is -2.38. The first-order valence-corrected chi connectivity index (χ1v) is 13.5. The maximum absolute atomic E-state index is 12.9. The minimum absolute atomic E-state index is 0.00348. The summed E-state index contributed by atoms with van der Waals surface area (Å²) in [5.41, 5.74) is 0.355. The van der Waals surface area contributed by atoms with Crippen molar-refractivity contribution in [3.8, 4) is 22.2 Å². The molecule has 0 unspecified atom stereocenters. The summed E-state index contributed by atoms with van der Waals surface area (Å²) in [7, 11) is 0. The number of hydrogen-bond acceptors (Lipinski definition) is 9. The Morgan fingerprint density at radius 1 is 0.976 bits per heavy atom. The summed E-state index contributed by atoms with van der Waals surface area (Å²) in [5, 5.41) is 9.05. The molecule has 1 aliphatic heterocycles. The highest BCUT2D eigenvalue weighted by molar-refractivity contribution is 7.18. The average molecular weight is 586 g/mol. The van der Waals surface area contributed by atoms with Gasteiger partial charge in [0.1, 0.15) is 5.75 Å². The van der Waals surface area contributed by atoms with Crippen LogP contribution in [0.5, 0.6) is 11.8 Å². The number of morpholine rings is 1. The van der Waals surface area contributed by atoms with E-state index in [1.54, 1.807) is 23.5 Å². The minimum atomic E-state index is -4.51. The molecule has 214 valence electrons. The van der Waals surface area contributed by atoms with Gasteiger partial charge < -0.3 is 25.4 Å². The van der Waals surface area contributed by atoms with E-state index in [2.05, 4.69) is 35.8 Å². The summed E-state index contributed by atoms with van der Waals surface area (Å²) < 4.78 is 49.7. The fraction of sp³-hybridized carbons (Fsp3) is 0.259. The number of nitrogens with zero attached hydrogens (tertiary/aromatic N) is 4. The second kappa shape index (κ2) is 12.9. The summed E-state index contributed by atoms with van der Waals surface area (Å²) in [6, 6.07) is 11.1. The van der Waals surface area contributed by atoms with E-state index < -0.39 is 17.8 Å². The van der Waals surface area contributed by atoms with Crippen LogP contribution in [0.1, 0.15) is 5.56 Å². The number of urea groups is 1. The Morgan fingerprint density at radius 2 is 1.71 bits per heavy atom. The number of thiazole rings is 1. The number of amides is 2. The number of rotatable bonds is 9. The Labute approximate surface area is 237 Å². The fourth-order valence-corrected chi connectivity index (χ4v) is 4.78. The van der Waals surface area contributed by atoms with Gasteiger partial charge in [0.25, 0.3) is 0 Å². The number of nitrogens with one attached hydrogen (secondary N) is 3. The molecule has 10 nitrogen and oxygen atoms in total. The maximum atomic E-state index is 12.9. The number of halogens is 3. The van der Waals surface area contributed by atoms with E-state index in [0.29, 0.717) is 5.75 Å². The molecule has 14 heteroatoms. The monoisotopic (exact) mass is 585 g/mol. The van der Waals surface area contributed by atoms with Crippen LogP contribution in [-0.4, -0.2) is 65.3 Å². The molecular formula is C27H26F3N7O3S. The molecule has 5 rings (SSSR count). The highest BCUT2D eigenvalue weighted by Crippen LogP contribution is 2.32. The van der Waals surface area contributed by atoms with Gasteiger partial charge in [-0.2, -0.15) is 13.2 Å². The van der Waals surface area contributed by atoms with Crippen LogP contribution in [-0.2, 0) is 10.9 Å². The number of hydrogen-bond donors (Lipinski definition) is 3. The number of ether oxygens (including phenoxy) is 2. The van der Waals surface area contributed by atoms with E-state index in [0.717, 1.165) is 67.1 Å². The zero-order valence-corrected chi connectivity index (χ0v) is 22.5. The lowest BCUT2D eigenvalue weighted by Gasteiger charge is -2.26. The molecule has 41 heavy (non-hydrogen) atoms. The molecule has 0 aliphatic carbocycles. The first-order valence-electron chi connectivity index (χ1n) is 12.7. The first kappa shape index (κ1) is 28.3. The number of carbonyl (C=O) groups excluding carboxylic acids is 1. The molecule has 2 amide bonds. The molecule has 0 saturated carbocycles. The van der Waals surface area contributed by atoms with Crippen LogP contribution in [0.2, 0.25) is 0 Å². The zero-order valence-electron chi connectivity index (χ0n) is 21.6. The van der Waals surface area contributed by atoms with Gasteiger partial charge in [0.15, 0.2) is 5.13 Å². The Kier molecular flexibility index (Phi) is 8.91. The summed E-state index contributed by atoms with van der Waals surface area (Å²) in [5.74, 6) is 0.519. The predicted octanol–water partition coefficient (Wildman–Crippen LogP) is 5.80. The van der Waals surface area contributed by atoms with Gasteiger partial charge in [0, 0.05) is 38.1 Å². The zero-order chi connectivity index (χ0) is 28.7. The molecule has 2 aromatic carbocycles. The van der Waals surface area contributed by atoms with Crippen molar-refractivity contribution < 1.29 is 27.4 Å². The van der Waals surface area contributed by atoms with E-state index in [4.69, 9.17) is 9.47 Å². The lowest BCUT2D eigenvalue weighted by molar-refractivity contribution is -0.137. The third kappa shape index (κ3) is 8.13. The van der Waals surface area contributed by atoms with Gasteiger partial charge in [-0.3, -0.25) is 4.90 Å². The molecule has 0 spiro atoms. The van der Waals surface area contributed by atoms with Crippen LogP contribution in [0.15, 0.2) is 67.1 Å². The van der Waals surface area contributed by atoms with E-state index in [1.807, 2.05) is 18.3 Å². The molecule has 3 N–H and O–H groups in total. The summed E-state index contributed by atoms with van der Waals surface area (Å²) in [6.45, 7) is 5.22. The Bertz CT molecular complexity index is 1440. The van der Waals surface area contributed by atoms with Crippen molar-refractivity contribution in [2.24, 2.45) is 0 Å². The van der Waals surface area contributed by atoms with Crippen LogP contribution >= 0.6 is 11.3 Å². The predicted molar refractivity (Wildman–Crippen MR) is 149 cm³/mol. The molecular weight excluding hydrogens is 559 g/mol. The number of alkyl halides is 3. The van der Waals surface area contributed by atoms with E-state index in [-0.39, 0.29) is 17.4 Å². The van der Waals surface area contributed by atoms with Gasteiger partial charge >= 0.3 is 18.2 Å². The van der Waals surface area contributed by atoms with Crippen molar-refractivity contribution in [1.82, 2.24) is 19.9 Å². The Morgan fingerprint density at radius 3 is 2.44 bits per heavy atom. The SMILES string of the molecule is O=C(Nc1cnc(Oc2ccc(-c3cnc(NCCN4CCOCC4)s3)cc2)nc1)Nc1cccc(C(F)(F)F)c1. The van der Waals surface area contributed by atoms with Gasteiger partial charge in [-0.25, -0.2) is 19.7 Å². The third-order valence-electron chi connectivity index (χ3n) is 6.00. The topological polar surface area (TPSA) is 114 Å². The van der Waals surface area contributed by atoms with Gasteiger partial charge in [0.2, 0.25) is 0 Å². The van der Waals surface area contributed by atoms with Crippen molar-refractivity contribution >= 4 is 33.9 Å². The van der Waals surface area contributed by atoms with Gasteiger partial charge in [0.05, 0.1) is 41.7 Å². The number of benzene rings is 2. The largest absolute Gasteiger partial charge is 0.424 e. The standard InChI is InChI=1S/C27H26F3N7O3S/c28-27(29,30)19-2-1-3-20(14-19)35-24(38)36-21-15-32-25(33-16-21)40-22-6-4-18(5-7-22)23-17-34-26(41-23)31-8-9-37-10-12-39-13-11-37/h1-7,14-17H,8-13H2,(H,31,34)(H2,35,36,38). The molecule has 2 aromatic heterocycles. The van der Waals surface area contributed by atoms with Crippen molar-refractivity contribution in [2.75, 3.05) is 55.3 Å². The van der Waals surface area contributed by atoms with E-state index in [1.165, 1.54) is 24.5 Å². The molecule has 4 aromatic rings. The summed E-state index contributed by atoms with van der Waals surface area (Å²) in [4.78, 5) is 28.2. The molecule has 3 heterocycles. The molecule has 0 bridgehead atoms. The molecule has 1 fully saturated rings. The summed E-state index contributed by atoms with van der Waals surface area (Å²) >= 11 is 1.57. The van der Waals surface area contributed by atoms with Crippen molar-refractivity contribution in [3.05, 3.63) is 72.7 Å². The lowest BCUT2D eigenvalue weighted by atomic mass is 10.2. The highest BCUT2D eigenvalue weighted by Gasteiger charge is 2.30. The van der Waals surface area contributed by atoms with E-state index in [9.17, 15) is 18.0 Å². The van der Waals surface area contributed by atoms with Gasteiger partial charge in [-0.15, -0.1) is 0 Å². The van der Waals surface area contributed by atoms with Crippen LogP contribution in [0, 0.1) is 0 Å². The Balaban J connectivity index is 1.09. The first-order chi connectivity index (χ1) is 19.8.